The largest absolute Gasteiger partial charge is 0.424 e. The van der Waals surface area contributed by atoms with Crippen LogP contribution in [-0.2, 0) is 4.79 Å². The molecule has 1 heterocycles. The van der Waals surface area contributed by atoms with Gasteiger partial charge >= 0.3 is 5.97 Å². The molecule has 1 unspecified atom stereocenters. The maximum absolute atomic E-state index is 12.6. The molecule has 0 spiro atoms. The molecule has 0 aliphatic rings. The van der Waals surface area contributed by atoms with Crippen LogP contribution in [0.2, 0.25) is 10.0 Å². The number of hydrogen-bond donors (Lipinski definition) is 3. The number of thiocarbonyl (C=S) groups is 1. The molecule has 0 amide bonds. The van der Waals surface area contributed by atoms with Gasteiger partial charge in [0.05, 0.1) is 27.8 Å². The summed E-state index contributed by atoms with van der Waals surface area (Å²) in [7, 11) is 0. The summed E-state index contributed by atoms with van der Waals surface area (Å²) in [5, 5.41) is 15.3. The number of ether oxygens (including phenoxy) is 1. The van der Waals surface area contributed by atoms with E-state index in [1.54, 1.807) is 48.5 Å². The zero-order valence-electron chi connectivity index (χ0n) is 18.8. The number of hydrogen-bond acceptors (Lipinski definition) is 6. The molecule has 36 heavy (non-hydrogen) atoms. The zero-order chi connectivity index (χ0) is 25.5. The Kier molecular flexibility index (Phi) is 8.45. The van der Waals surface area contributed by atoms with Crippen molar-refractivity contribution in [3.63, 3.8) is 0 Å². The Morgan fingerprint density at radius 2 is 1.67 bits per heavy atom. The minimum atomic E-state index is -0.677. The molecule has 1 atom stereocenters. The number of benzene rings is 3. The number of nitrogens with one attached hydrogen (secondary N) is 2. The number of rotatable bonds is 7. The van der Waals surface area contributed by atoms with E-state index in [4.69, 9.17) is 45.9 Å². The van der Waals surface area contributed by atoms with Crippen LogP contribution in [0, 0.1) is 0 Å². The molecule has 1 aromatic heterocycles. The van der Waals surface area contributed by atoms with Gasteiger partial charge in [-0.3, -0.25) is 4.79 Å². The Hall–Kier alpha value is -3.56. The number of aromatic nitrogens is 2. The third-order valence-electron chi connectivity index (χ3n) is 5.10. The number of esters is 1. The number of halogens is 2. The van der Waals surface area contributed by atoms with Crippen molar-refractivity contribution in [2.24, 2.45) is 5.73 Å². The van der Waals surface area contributed by atoms with Crippen molar-refractivity contribution in [2.75, 3.05) is 10.6 Å². The average molecular weight is 538 g/mol. The zero-order valence-corrected chi connectivity index (χ0v) is 21.1. The van der Waals surface area contributed by atoms with Crippen LogP contribution < -0.4 is 21.1 Å². The fourth-order valence-electron chi connectivity index (χ4n) is 3.35. The van der Waals surface area contributed by atoms with Crippen LogP contribution in [0.3, 0.4) is 0 Å². The van der Waals surface area contributed by atoms with Gasteiger partial charge in [-0.1, -0.05) is 77.8 Å². The van der Waals surface area contributed by atoms with Gasteiger partial charge in [-0.05, 0) is 48.1 Å². The van der Waals surface area contributed by atoms with Gasteiger partial charge in [0, 0.05) is 11.6 Å². The van der Waals surface area contributed by atoms with Crippen LogP contribution in [-0.4, -0.2) is 21.3 Å². The van der Waals surface area contributed by atoms with Crippen LogP contribution in [0.25, 0.3) is 11.3 Å². The van der Waals surface area contributed by atoms with Gasteiger partial charge in [0.1, 0.15) is 0 Å². The molecular weight excluding hydrogens is 517 g/mol. The van der Waals surface area contributed by atoms with E-state index in [0.29, 0.717) is 32.9 Å². The third kappa shape index (κ3) is 6.56. The molecule has 0 radical (unpaired) electrons. The summed E-state index contributed by atoms with van der Waals surface area (Å²) in [5.74, 6) is 0.224. The quantitative estimate of drug-likeness (QED) is 0.144. The standard InChI is InChI=1S/C26H21Cl2N5O2S/c27-18-10-6-9-17(25(18)28)19(29)15-24(34)35-22-12-5-4-11-21(22)30-26(36)31-23-14-13-20(32-33-23)16-7-2-1-3-8-16/h1-14,19H,15,29H2,(H2,30,31,33,36). The molecule has 0 aliphatic heterocycles. The predicted molar refractivity (Wildman–Crippen MR) is 147 cm³/mol. The van der Waals surface area contributed by atoms with Crippen LogP contribution >= 0.6 is 35.4 Å². The van der Waals surface area contributed by atoms with E-state index in [9.17, 15) is 4.79 Å². The molecule has 7 nitrogen and oxygen atoms in total. The van der Waals surface area contributed by atoms with E-state index in [2.05, 4.69) is 20.8 Å². The van der Waals surface area contributed by atoms with Gasteiger partial charge in [0.2, 0.25) is 0 Å². The van der Waals surface area contributed by atoms with Crippen LogP contribution in [0.5, 0.6) is 5.75 Å². The van der Waals surface area contributed by atoms with Crippen molar-refractivity contribution >= 4 is 58.0 Å². The van der Waals surface area contributed by atoms with Gasteiger partial charge in [-0.15, -0.1) is 10.2 Å². The molecule has 182 valence electrons. The molecular formula is C26H21Cl2N5O2S. The molecule has 4 N–H and O–H groups in total. The van der Waals surface area contributed by atoms with Gasteiger partial charge in [0.25, 0.3) is 0 Å². The summed E-state index contributed by atoms with van der Waals surface area (Å²) in [4.78, 5) is 12.6. The van der Waals surface area contributed by atoms with Crippen LogP contribution in [0.4, 0.5) is 11.5 Å². The molecule has 0 saturated carbocycles. The fourth-order valence-corrected chi connectivity index (χ4v) is 4.01. The van der Waals surface area contributed by atoms with Crippen molar-refractivity contribution in [2.45, 2.75) is 12.5 Å². The number of para-hydroxylation sites is 2. The summed E-state index contributed by atoms with van der Waals surface area (Å²) in [6, 6.07) is 24.7. The van der Waals surface area contributed by atoms with Crippen molar-refractivity contribution < 1.29 is 9.53 Å². The second-order valence-electron chi connectivity index (χ2n) is 7.67. The van der Waals surface area contributed by atoms with E-state index >= 15 is 0 Å². The highest BCUT2D eigenvalue weighted by molar-refractivity contribution is 7.80. The van der Waals surface area contributed by atoms with Crippen molar-refractivity contribution in [3.05, 3.63) is 101 Å². The first-order valence-corrected chi connectivity index (χ1v) is 12.0. The Bertz CT molecular complexity index is 1370. The van der Waals surface area contributed by atoms with E-state index < -0.39 is 12.0 Å². The van der Waals surface area contributed by atoms with E-state index in [-0.39, 0.29) is 11.5 Å². The first kappa shape index (κ1) is 25.5. The number of nitrogens with zero attached hydrogens (tertiary/aromatic N) is 2. The van der Waals surface area contributed by atoms with Crippen molar-refractivity contribution in [1.82, 2.24) is 10.2 Å². The third-order valence-corrected chi connectivity index (χ3v) is 6.14. The maximum atomic E-state index is 12.6. The van der Waals surface area contributed by atoms with Crippen molar-refractivity contribution in [3.8, 4) is 17.0 Å². The highest BCUT2D eigenvalue weighted by Gasteiger charge is 2.18. The lowest BCUT2D eigenvalue weighted by Crippen LogP contribution is -2.22. The van der Waals surface area contributed by atoms with Crippen molar-refractivity contribution in [1.29, 1.82) is 0 Å². The first-order valence-electron chi connectivity index (χ1n) is 10.9. The van der Waals surface area contributed by atoms with E-state index in [1.807, 2.05) is 36.4 Å². The Morgan fingerprint density at radius 3 is 2.42 bits per heavy atom. The minimum absolute atomic E-state index is 0.0968. The van der Waals surface area contributed by atoms with E-state index in [0.717, 1.165) is 11.3 Å². The summed E-state index contributed by atoms with van der Waals surface area (Å²) < 4.78 is 5.55. The van der Waals surface area contributed by atoms with Gasteiger partial charge in [-0.2, -0.15) is 0 Å². The summed E-state index contributed by atoms with van der Waals surface area (Å²) in [6.45, 7) is 0. The topological polar surface area (TPSA) is 102 Å². The number of carbonyl (C=O) groups is 1. The number of nitrogens with two attached hydrogens (primary N) is 1. The average Bonchev–Trinajstić information content (AvgIpc) is 2.87. The SMILES string of the molecule is NC(CC(=O)Oc1ccccc1NC(=S)Nc1ccc(-c2ccccc2)nn1)c1cccc(Cl)c1Cl. The number of anilines is 2. The molecule has 3 aromatic carbocycles. The lowest BCUT2D eigenvalue weighted by molar-refractivity contribution is -0.134. The maximum Gasteiger partial charge on any atom is 0.313 e. The second-order valence-corrected chi connectivity index (χ2v) is 8.87. The van der Waals surface area contributed by atoms with Gasteiger partial charge in [-0.25, -0.2) is 0 Å². The van der Waals surface area contributed by atoms with Gasteiger partial charge < -0.3 is 21.1 Å². The Balaban J connectivity index is 1.37. The highest BCUT2D eigenvalue weighted by atomic mass is 35.5. The smallest absolute Gasteiger partial charge is 0.313 e. The molecule has 0 aliphatic carbocycles. The lowest BCUT2D eigenvalue weighted by Gasteiger charge is -2.16. The monoisotopic (exact) mass is 537 g/mol. The molecule has 0 fully saturated rings. The first-order chi connectivity index (χ1) is 17.4. The molecule has 0 saturated heterocycles. The molecule has 0 bridgehead atoms. The normalized spacial score (nSPS) is 11.4. The lowest BCUT2D eigenvalue weighted by atomic mass is 10.0. The molecule has 4 aromatic rings. The summed E-state index contributed by atoms with van der Waals surface area (Å²) in [6.07, 6.45) is -0.0968. The van der Waals surface area contributed by atoms with Crippen LogP contribution in [0.15, 0.2) is 84.9 Å². The Labute approximate surface area is 223 Å². The molecule has 10 heteroatoms. The highest BCUT2D eigenvalue weighted by Crippen LogP contribution is 2.31. The Morgan fingerprint density at radius 1 is 0.917 bits per heavy atom. The van der Waals surface area contributed by atoms with Gasteiger partial charge in [0.15, 0.2) is 16.7 Å². The summed E-state index contributed by atoms with van der Waals surface area (Å²) in [5.41, 5.74) is 8.94. The summed E-state index contributed by atoms with van der Waals surface area (Å²) >= 11 is 17.7. The van der Waals surface area contributed by atoms with Crippen LogP contribution in [0.1, 0.15) is 18.0 Å². The predicted octanol–water partition coefficient (Wildman–Crippen LogP) is 6.25. The number of carbonyl (C=O) groups excluding carboxylic acids is 1. The fraction of sp³-hybridized carbons (Fsp3) is 0.0769. The molecule has 4 rings (SSSR count). The second kappa shape index (κ2) is 11.9. The van der Waals surface area contributed by atoms with E-state index in [1.165, 1.54) is 0 Å². The minimum Gasteiger partial charge on any atom is -0.424 e.